The number of aromatic amines is 1. The van der Waals surface area contributed by atoms with Gasteiger partial charge in [-0.25, -0.2) is 4.39 Å². The molecule has 152 valence electrons. The molecule has 0 radical (unpaired) electrons. The lowest BCUT2D eigenvalue weighted by atomic mass is 10.2. The molecular formula is C20H18FN7O2. The van der Waals surface area contributed by atoms with Gasteiger partial charge in [-0.2, -0.15) is 9.97 Å². The highest BCUT2D eigenvalue weighted by Gasteiger charge is 2.08. The van der Waals surface area contributed by atoms with Crippen LogP contribution in [0.2, 0.25) is 0 Å². The van der Waals surface area contributed by atoms with Gasteiger partial charge >= 0.3 is 0 Å². The fourth-order valence-corrected chi connectivity index (χ4v) is 2.70. The maximum absolute atomic E-state index is 12.8. The number of H-pyrrole nitrogens is 1. The van der Waals surface area contributed by atoms with E-state index < -0.39 is 6.67 Å². The molecule has 10 heteroatoms. The van der Waals surface area contributed by atoms with Gasteiger partial charge in [0, 0.05) is 11.3 Å². The van der Waals surface area contributed by atoms with E-state index in [1.54, 1.807) is 30.3 Å². The van der Waals surface area contributed by atoms with Crippen molar-refractivity contribution in [1.29, 1.82) is 0 Å². The number of aromatic nitrogens is 5. The van der Waals surface area contributed by atoms with Gasteiger partial charge in [0.05, 0.1) is 13.2 Å². The minimum Gasteiger partial charge on any atom is -0.481 e. The summed E-state index contributed by atoms with van der Waals surface area (Å²) in [5.74, 6) is 2.21. The predicted molar refractivity (Wildman–Crippen MR) is 109 cm³/mol. The zero-order chi connectivity index (χ0) is 20.9. The second kappa shape index (κ2) is 8.43. The van der Waals surface area contributed by atoms with Crippen LogP contribution in [0.5, 0.6) is 17.5 Å². The molecule has 0 saturated heterocycles. The normalized spacial score (nSPS) is 10.6. The van der Waals surface area contributed by atoms with Crippen molar-refractivity contribution in [2.45, 2.75) is 6.67 Å². The van der Waals surface area contributed by atoms with Crippen LogP contribution in [-0.2, 0) is 6.67 Å². The van der Waals surface area contributed by atoms with Crippen molar-refractivity contribution in [3.63, 3.8) is 0 Å². The number of hydrogen-bond acceptors (Lipinski definition) is 8. The van der Waals surface area contributed by atoms with Crippen LogP contribution in [0.25, 0.3) is 11.4 Å². The Kier molecular flexibility index (Phi) is 5.37. The molecule has 0 amide bonds. The summed E-state index contributed by atoms with van der Waals surface area (Å²) in [5, 5.41) is 11.3. The summed E-state index contributed by atoms with van der Waals surface area (Å²) in [6.45, 7) is -0.528. The van der Waals surface area contributed by atoms with Crippen LogP contribution in [0.4, 0.5) is 22.0 Å². The average molecular weight is 407 g/mol. The molecule has 30 heavy (non-hydrogen) atoms. The highest BCUT2D eigenvalue weighted by atomic mass is 19.1. The van der Waals surface area contributed by atoms with E-state index in [9.17, 15) is 4.39 Å². The molecule has 0 saturated carbocycles. The third-order valence-corrected chi connectivity index (χ3v) is 4.09. The Bertz CT molecular complexity index is 1150. The maximum atomic E-state index is 12.8. The lowest BCUT2D eigenvalue weighted by molar-refractivity contribution is 0.389. The van der Waals surface area contributed by atoms with Gasteiger partial charge in [-0.3, -0.25) is 0 Å². The molecule has 4 N–H and O–H groups in total. The van der Waals surface area contributed by atoms with Gasteiger partial charge in [-0.15, -0.1) is 10.2 Å². The Hall–Kier alpha value is -4.21. The summed E-state index contributed by atoms with van der Waals surface area (Å²) < 4.78 is 23.6. The summed E-state index contributed by atoms with van der Waals surface area (Å²) in [6, 6.07) is 15.7. The first-order valence-corrected chi connectivity index (χ1v) is 8.94. The Morgan fingerprint density at radius 3 is 2.60 bits per heavy atom. The van der Waals surface area contributed by atoms with Crippen LogP contribution in [0.3, 0.4) is 0 Å². The van der Waals surface area contributed by atoms with E-state index in [-0.39, 0.29) is 11.8 Å². The van der Waals surface area contributed by atoms with Crippen LogP contribution in [0.1, 0.15) is 5.56 Å². The molecule has 0 spiro atoms. The van der Waals surface area contributed by atoms with Crippen molar-refractivity contribution in [2.75, 3.05) is 18.2 Å². The third kappa shape index (κ3) is 4.43. The number of alkyl halides is 1. The minimum absolute atomic E-state index is 0.0553. The quantitative estimate of drug-likeness (QED) is 0.422. The SMILES string of the molecule is COc1cc(Oc2ccc(-c3nnc(Nc4cccc(CF)c4)[nH]3)cc2)nc(N)n1. The van der Waals surface area contributed by atoms with Gasteiger partial charge in [-0.1, -0.05) is 12.1 Å². The smallest absolute Gasteiger partial charge is 0.227 e. The number of nitrogens with two attached hydrogens (primary N) is 1. The Morgan fingerprint density at radius 1 is 1.03 bits per heavy atom. The summed E-state index contributed by atoms with van der Waals surface area (Å²) in [4.78, 5) is 11.0. The second-order valence-corrected chi connectivity index (χ2v) is 6.21. The number of benzene rings is 2. The van der Waals surface area contributed by atoms with Crippen molar-refractivity contribution >= 4 is 17.6 Å². The molecule has 0 unspecified atom stereocenters. The Morgan fingerprint density at radius 2 is 1.83 bits per heavy atom. The van der Waals surface area contributed by atoms with Gasteiger partial charge < -0.3 is 25.5 Å². The van der Waals surface area contributed by atoms with Crippen LogP contribution < -0.4 is 20.5 Å². The largest absolute Gasteiger partial charge is 0.481 e. The maximum Gasteiger partial charge on any atom is 0.227 e. The number of ether oxygens (including phenoxy) is 2. The van der Waals surface area contributed by atoms with Crippen molar-refractivity contribution in [1.82, 2.24) is 25.1 Å². The van der Waals surface area contributed by atoms with Crippen molar-refractivity contribution < 1.29 is 13.9 Å². The van der Waals surface area contributed by atoms with Crippen molar-refractivity contribution in [3.8, 4) is 28.9 Å². The van der Waals surface area contributed by atoms with Crippen molar-refractivity contribution in [2.24, 2.45) is 0 Å². The molecule has 9 nitrogen and oxygen atoms in total. The van der Waals surface area contributed by atoms with Gasteiger partial charge in [0.2, 0.25) is 23.7 Å². The molecule has 0 atom stereocenters. The van der Waals surface area contributed by atoms with E-state index in [0.29, 0.717) is 29.0 Å². The van der Waals surface area contributed by atoms with Gasteiger partial charge in [0.25, 0.3) is 0 Å². The lowest BCUT2D eigenvalue weighted by Crippen LogP contribution is -1.99. The number of methoxy groups -OCH3 is 1. The molecule has 2 aromatic heterocycles. The Labute approximate surface area is 171 Å². The number of halogens is 1. The number of hydrogen-bond donors (Lipinski definition) is 3. The fourth-order valence-electron chi connectivity index (χ4n) is 2.70. The fraction of sp³-hybridized carbons (Fsp3) is 0.100. The summed E-state index contributed by atoms with van der Waals surface area (Å²) in [6.07, 6.45) is 0. The Balaban J connectivity index is 1.46. The van der Waals surface area contributed by atoms with Crippen LogP contribution in [0, 0.1) is 0 Å². The lowest BCUT2D eigenvalue weighted by Gasteiger charge is -2.07. The van der Waals surface area contributed by atoms with Crippen LogP contribution in [-0.4, -0.2) is 32.3 Å². The molecule has 0 bridgehead atoms. The summed E-state index contributed by atoms with van der Waals surface area (Å²) >= 11 is 0. The molecule has 4 rings (SSSR count). The average Bonchev–Trinajstić information content (AvgIpc) is 3.22. The predicted octanol–water partition coefficient (Wildman–Crippen LogP) is 3.86. The molecule has 0 fully saturated rings. The molecule has 0 aliphatic rings. The summed E-state index contributed by atoms with van der Waals surface area (Å²) in [7, 11) is 1.48. The first-order valence-electron chi connectivity index (χ1n) is 8.94. The monoisotopic (exact) mass is 407 g/mol. The molecular weight excluding hydrogens is 389 g/mol. The number of anilines is 3. The minimum atomic E-state index is -0.528. The number of rotatable bonds is 7. The molecule has 0 aliphatic heterocycles. The van der Waals surface area contributed by atoms with E-state index in [4.69, 9.17) is 15.2 Å². The molecule has 4 aromatic rings. The summed E-state index contributed by atoms with van der Waals surface area (Å²) in [5.41, 5.74) is 7.74. The second-order valence-electron chi connectivity index (χ2n) is 6.21. The van der Waals surface area contributed by atoms with E-state index in [1.165, 1.54) is 13.2 Å². The first kappa shape index (κ1) is 19.1. The molecule has 2 heterocycles. The topological polar surface area (TPSA) is 124 Å². The molecule has 2 aromatic carbocycles. The van der Waals surface area contributed by atoms with E-state index in [0.717, 1.165) is 11.3 Å². The van der Waals surface area contributed by atoms with Crippen molar-refractivity contribution in [3.05, 3.63) is 60.2 Å². The third-order valence-electron chi connectivity index (χ3n) is 4.09. The van der Waals surface area contributed by atoms with Gasteiger partial charge in [0.1, 0.15) is 12.4 Å². The van der Waals surface area contributed by atoms with Crippen LogP contribution in [0.15, 0.2) is 54.6 Å². The van der Waals surface area contributed by atoms with Gasteiger partial charge in [0.15, 0.2) is 5.82 Å². The zero-order valence-corrected chi connectivity index (χ0v) is 16.0. The van der Waals surface area contributed by atoms with E-state index >= 15 is 0 Å². The molecule has 0 aliphatic carbocycles. The van der Waals surface area contributed by atoms with Crippen LogP contribution >= 0.6 is 0 Å². The highest BCUT2D eigenvalue weighted by molar-refractivity contribution is 5.60. The highest BCUT2D eigenvalue weighted by Crippen LogP contribution is 2.26. The van der Waals surface area contributed by atoms with E-state index in [1.807, 2.05) is 18.2 Å². The first-order chi connectivity index (χ1) is 14.6. The zero-order valence-electron chi connectivity index (χ0n) is 16.0. The number of nitrogen functional groups attached to an aromatic ring is 1. The number of nitrogens with zero attached hydrogens (tertiary/aromatic N) is 4. The standard InChI is InChI=1S/C20H18FN7O2/c1-29-16-10-17(25-19(22)24-16)30-15-7-5-13(6-8-15)18-26-20(28-27-18)23-14-4-2-3-12(9-14)11-21/h2-10H,11H2,1H3,(H2,22,24,25)(H2,23,26,27,28). The van der Waals surface area contributed by atoms with Gasteiger partial charge in [-0.05, 0) is 42.0 Å². The van der Waals surface area contributed by atoms with E-state index in [2.05, 4.69) is 30.5 Å². The number of nitrogens with one attached hydrogen (secondary N) is 2.